The highest BCUT2D eigenvalue weighted by molar-refractivity contribution is 5.99. The molecule has 0 spiro atoms. The minimum absolute atomic E-state index is 0.347. The van der Waals surface area contributed by atoms with Crippen molar-refractivity contribution in [3.63, 3.8) is 0 Å². The van der Waals surface area contributed by atoms with Gasteiger partial charge in [-0.05, 0) is 18.6 Å². The Morgan fingerprint density at radius 2 is 1.92 bits per heavy atom. The van der Waals surface area contributed by atoms with Crippen LogP contribution in [0.25, 0.3) is 10.8 Å². The van der Waals surface area contributed by atoms with Crippen LogP contribution in [0.5, 0.6) is 0 Å². The number of hydrogen-bond acceptors (Lipinski definition) is 7. The van der Waals surface area contributed by atoms with E-state index in [0.717, 1.165) is 41.7 Å². The van der Waals surface area contributed by atoms with Gasteiger partial charge in [-0.3, -0.25) is 4.99 Å². The number of hydrogen-bond donors (Lipinski definition) is 2. The fourth-order valence-electron chi connectivity index (χ4n) is 2.68. The minimum Gasteiger partial charge on any atom is -0.382 e. The van der Waals surface area contributed by atoms with Gasteiger partial charge in [0.2, 0.25) is 0 Å². The van der Waals surface area contributed by atoms with Gasteiger partial charge >= 0.3 is 0 Å². The van der Waals surface area contributed by atoms with E-state index in [4.69, 9.17) is 5.73 Å². The second-order valence-corrected chi connectivity index (χ2v) is 5.70. The Bertz CT molecular complexity index is 961. The number of aliphatic imine (C=N–C) groups is 1. The van der Waals surface area contributed by atoms with Crippen LogP contribution in [0.15, 0.2) is 64.0 Å². The molecule has 4 rings (SSSR count). The van der Waals surface area contributed by atoms with Crippen molar-refractivity contribution in [1.29, 1.82) is 0 Å². The highest BCUT2D eigenvalue weighted by Gasteiger charge is 2.08. The summed E-state index contributed by atoms with van der Waals surface area (Å²) >= 11 is 0. The fourth-order valence-corrected chi connectivity index (χ4v) is 2.68. The number of fused-ring (bicyclic) bond motifs is 1. The van der Waals surface area contributed by atoms with Crippen LogP contribution in [0, 0.1) is 0 Å². The fraction of sp³-hybridized carbons (Fsp3) is 0.167. The van der Waals surface area contributed by atoms with Crippen molar-refractivity contribution in [3.8, 4) is 0 Å². The molecule has 3 aromatic rings. The van der Waals surface area contributed by atoms with Crippen LogP contribution in [0.4, 0.5) is 17.3 Å². The first-order chi connectivity index (χ1) is 12.3. The van der Waals surface area contributed by atoms with Crippen molar-refractivity contribution >= 4 is 33.9 Å². The van der Waals surface area contributed by atoms with Crippen LogP contribution < -0.4 is 11.1 Å². The van der Waals surface area contributed by atoms with Crippen LogP contribution >= 0.6 is 0 Å². The topological polar surface area (TPSA) is 101 Å². The average molecular weight is 331 g/mol. The van der Waals surface area contributed by atoms with E-state index in [2.05, 4.69) is 30.5 Å². The standard InChI is InChI=1S/C18H17N7/c19-17-16(14-5-2-1-4-12(14)10-23-17)25-24-15-7-6-13(11-22-15)18-20-8-3-9-21-18/h1-2,4-7,10-11H,3,8-9H2,(H2,19,23)(H,20,21). The normalized spacial score (nSPS) is 14.5. The first-order valence-electron chi connectivity index (χ1n) is 8.11. The van der Waals surface area contributed by atoms with E-state index in [1.54, 1.807) is 12.4 Å². The Kier molecular flexibility index (Phi) is 4.04. The Balaban J connectivity index is 1.62. The zero-order valence-electron chi connectivity index (χ0n) is 13.6. The van der Waals surface area contributed by atoms with Crippen molar-refractivity contribution in [3.05, 3.63) is 54.4 Å². The number of nitrogens with one attached hydrogen (secondary N) is 1. The van der Waals surface area contributed by atoms with Crippen LogP contribution in [0.2, 0.25) is 0 Å². The lowest BCUT2D eigenvalue weighted by Crippen LogP contribution is -2.30. The molecule has 0 radical (unpaired) electrons. The Morgan fingerprint density at radius 1 is 1.00 bits per heavy atom. The maximum atomic E-state index is 5.96. The molecule has 1 aliphatic heterocycles. The number of nitrogens with zero attached hydrogens (tertiary/aromatic N) is 5. The van der Waals surface area contributed by atoms with E-state index in [1.165, 1.54) is 0 Å². The van der Waals surface area contributed by atoms with Gasteiger partial charge in [0, 0.05) is 41.8 Å². The lowest BCUT2D eigenvalue weighted by atomic mass is 10.1. The second kappa shape index (κ2) is 6.64. The highest BCUT2D eigenvalue weighted by Crippen LogP contribution is 2.31. The molecule has 0 atom stereocenters. The molecule has 25 heavy (non-hydrogen) atoms. The molecule has 0 fully saturated rings. The molecule has 0 saturated carbocycles. The predicted octanol–water partition coefficient (Wildman–Crippen LogP) is 3.37. The number of nitrogen functional groups attached to an aromatic ring is 1. The number of rotatable bonds is 3. The summed E-state index contributed by atoms with van der Waals surface area (Å²) in [6.07, 6.45) is 4.54. The molecule has 2 aromatic heterocycles. The van der Waals surface area contributed by atoms with Crippen molar-refractivity contribution in [2.45, 2.75) is 6.42 Å². The Morgan fingerprint density at radius 3 is 2.72 bits per heavy atom. The van der Waals surface area contributed by atoms with E-state index < -0.39 is 0 Å². The van der Waals surface area contributed by atoms with Crippen molar-refractivity contribution in [2.24, 2.45) is 15.2 Å². The van der Waals surface area contributed by atoms with E-state index >= 15 is 0 Å². The van der Waals surface area contributed by atoms with Crippen LogP contribution in [-0.4, -0.2) is 28.9 Å². The molecule has 1 aromatic carbocycles. The molecule has 3 N–H and O–H groups in total. The van der Waals surface area contributed by atoms with Gasteiger partial charge in [0.15, 0.2) is 11.6 Å². The van der Waals surface area contributed by atoms with Gasteiger partial charge in [-0.25, -0.2) is 9.97 Å². The van der Waals surface area contributed by atoms with Crippen LogP contribution in [-0.2, 0) is 0 Å². The molecule has 7 heteroatoms. The third-order valence-electron chi connectivity index (χ3n) is 3.97. The van der Waals surface area contributed by atoms with Gasteiger partial charge in [-0.15, -0.1) is 10.2 Å². The summed E-state index contributed by atoms with van der Waals surface area (Å²) in [6.45, 7) is 1.78. The molecule has 0 unspecified atom stereocenters. The molecular formula is C18H17N7. The third kappa shape index (κ3) is 3.16. The number of pyridine rings is 2. The van der Waals surface area contributed by atoms with Crippen molar-refractivity contribution < 1.29 is 0 Å². The molecule has 124 valence electrons. The first kappa shape index (κ1) is 15.2. The number of nitrogens with two attached hydrogens (primary N) is 1. The molecule has 0 saturated heterocycles. The zero-order valence-corrected chi connectivity index (χ0v) is 13.6. The number of amidine groups is 1. The van der Waals surface area contributed by atoms with E-state index in [1.807, 2.05) is 36.4 Å². The Labute approximate surface area is 144 Å². The molecule has 1 aliphatic rings. The summed E-state index contributed by atoms with van der Waals surface area (Å²) in [5, 5.41) is 13.6. The van der Waals surface area contributed by atoms with Gasteiger partial charge in [-0.1, -0.05) is 24.3 Å². The maximum absolute atomic E-state index is 5.96. The summed E-state index contributed by atoms with van der Waals surface area (Å²) in [7, 11) is 0. The zero-order chi connectivity index (χ0) is 17.1. The number of anilines is 1. The molecule has 7 nitrogen and oxygen atoms in total. The SMILES string of the molecule is Nc1ncc2ccccc2c1N=Nc1ccc(C2=NCCCN2)cn1. The largest absolute Gasteiger partial charge is 0.382 e. The Hall–Kier alpha value is -3.35. The van der Waals surface area contributed by atoms with Crippen molar-refractivity contribution in [2.75, 3.05) is 18.8 Å². The average Bonchev–Trinajstić information content (AvgIpc) is 2.68. The van der Waals surface area contributed by atoms with Crippen molar-refractivity contribution in [1.82, 2.24) is 15.3 Å². The van der Waals surface area contributed by atoms with Gasteiger partial charge in [0.25, 0.3) is 0 Å². The van der Waals surface area contributed by atoms with Gasteiger partial charge in [0.1, 0.15) is 11.5 Å². The van der Waals surface area contributed by atoms with Gasteiger partial charge in [0.05, 0.1) is 0 Å². The third-order valence-corrected chi connectivity index (χ3v) is 3.97. The lowest BCUT2D eigenvalue weighted by molar-refractivity contribution is 0.742. The summed E-state index contributed by atoms with van der Waals surface area (Å²) in [5.74, 6) is 1.73. The number of azo groups is 1. The van der Waals surface area contributed by atoms with E-state index in [-0.39, 0.29) is 0 Å². The molecule has 0 amide bonds. The predicted molar refractivity (Wildman–Crippen MR) is 98.6 cm³/mol. The van der Waals surface area contributed by atoms with Crippen LogP contribution in [0.3, 0.4) is 0 Å². The number of aromatic nitrogens is 2. The van der Waals surface area contributed by atoms with E-state index in [9.17, 15) is 0 Å². The molecule has 0 bridgehead atoms. The molecule has 0 aliphatic carbocycles. The summed E-state index contributed by atoms with van der Waals surface area (Å²) in [5.41, 5.74) is 7.47. The quantitative estimate of drug-likeness (QED) is 0.718. The van der Waals surface area contributed by atoms with Gasteiger partial charge < -0.3 is 11.1 Å². The molecular weight excluding hydrogens is 314 g/mol. The monoisotopic (exact) mass is 331 g/mol. The smallest absolute Gasteiger partial charge is 0.174 e. The van der Waals surface area contributed by atoms with Gasteiger partial charge in [-0.2, -0.15) is 0 Å². The van der Waals surface area contributed by atoms with Crippen LogP contribution in [0.1, 0.15) is 12.0 Å². The summed E-state index contributed by atoms with van der Waals surface area (Å²) < 4.78 is 0. The van der Waals surface area contributed by atoms with E-state index in [0.29, 0.717) is 17.3 Å². The molecule has 3 heterocycles. The lowest BCUT2D eigenvalue weighted by Gasteiger charge is -2.14. The summed E-state index contributed by atoms with van der Waals surface area (Å²) in [6, 6.07) is 11.5. The second-order valence-electron chi connectivity index (χ2n) is 5.70. The first-order valence-corrected chi connectivity index (χ1v) is 8.11. The highest BCUT2D eigenvalue weighted by atomic mass is 15.2. The summed E-state index contributed by atoms with van der Waals surface area (Å²) in [4.78, 5) is 13.0. The number of benzene rings is 1. The maximum Gasteiger partial charge on any atom is 0.174 e. The minimum atomic E-state index is 0.347.